The summed E-state index contributed by atoms with van der Waals surface area (Å²) >= 11 is 0. The van der Waals surface area contributed by atoms with E-state index in [1.165, 1.54) is 5.32 Å². The second kappa shape index (κ2) is 4.39. The molecule has 4 nitrogen and oxygen atoms in total. The second-order valence-corrected chi connectivity index (χ2v) is 3.76. The zero-order valence-corrected chi connectivity index (χ0v) is 9.38. The molecular formula is C10H5F6N3O. The lowest BCUT2D eigenvalue weighted by atomic mass is 10.3. The Hall–Kier alpha value is -2.26. The van der Waals surface area contributed by atoms with E-state index >= 15 is 0 Å². The molecule has 0 aliphatic heterocycles. The molecule has 0 bridgehead atoms. The van der Waals surface area contributed by atoms with Crippen LogP contribution in [0.3, 0.4) is 0 Å². The number of imidazole rings is 1. The minimum Gasteiger partial charge on any atom is -0.304 e. The number of rotatable bonds is 1. The molecule has 1 N–H and O–H groups in total. The fourth-order valence-corrected chi connectivity index (χ4v) is 1.41. The predicted octanol–water partition coefficient (Wildman–Crippen LogP) is 2.85. The Balaban J connectivity index is 2.33. The van der Waals surface area contributed by atoms with Crippen molar-refractivity contribution >= 4 is 17.4 Å². The normalized spacial score (nSPS) is 12.7. The molecule has 2 heterocycles. The number of nitrogens with one attached hydrogen (secondary N) is 1. The van der Waals surface area contributed by atoms with Gasteiger partial charge in [0.15, 0.2) is 5.82 Å². The van der Waals surface area contributed by atoms with Crippen molar-refractivity contribution in [2.24, 2.45) is 0 Å². The van der Waals surface area contributed by atoms with Crippen molar-refractivity contribution in [1.82, 2.24) is 9.38 Å². The highest BCUT2D eigenvalue weighted by atomic mass is 19.4. The fraction of sp³-hybridized carbons (Fsp3) is 0.200. The standard InChI is InChI=1S/C10H5F6N3O/c11-9(12,13)5-1-2-7-17-6(4-19(7)3-5)18-8(20)10(14,15)16/h1-4H,(H,18,20). The molecule has 0 aliphatic carbocycles. The first-order valence-corrected chi connectivity index (χ1v) is 5.01. The van der Waals surface area contributed by atoms with Gasteiger partial charge in [0.25, 0.3) is 0 Å². The maximum absolute atomic E-state index is 12.4. The molecule has 108 valence electrons. The highest BCUT2D eigenvalue weighted by molar-refractivity contribution is 5.94. The molecule has 20 heavy (non-hydrogen) atoms. The number of nitrogens with zero attached hydrogens (tertiary/aromatic N) is 2. The molecule has 2 aromatic heterocycles. The molecule has 2 rings (SSSR count). The van der Waals surface area contributed by atoms with Crippen molar-refractivity contribution in [3.63, 3.8) is 0 Å². The van der Waals surface area contributed by atoms with Crippen LogP contribution < -0.4 is 5.32 Å². The molecule has 0 spiro atoms. The number of carbonyl (C=O) groups is 1. The number of fused-ring (bicyclic) bond motifs is 1. The third-order valence-electron chi connectivity index (χ3n) is 2.28. The van der Waals surface area contributed by atoms with Gasteiger partial charge in [-0.2, -0.15) is 26.3 Å². The average Bonchev–Trinajstić information content (AvgIpc) is 2.67. The Morgan fingerprint density at radius 3 is 2.30 bits per heavy atom. The summed E-state index contributed by atoms with van der Waals surface area (Å²) in [5, 5.41) is 1.45. The monoisotopic (exact) mass is 297 g/mol. The molecule has 0 aliphatic rings. The first-order valence-electron chi connectivity index (χ1n) is 5.01. The fourth-order valence-electron chi connectivity index (χ4n) is 1.41. The zero-order valence-electron chi connectivity index (χ0n) is 9.38. The van der Waals surface area contributed by atoms with E-state index < -0.39 is 29.6 Å². The van der Waals surface area contributed by atoms with E-state index in [0.717, 1.165) is 22.7 Å². The van der Waals surface area contributed by atoms with Crippen LogP contribution in [0.15, 0.2) is 24.5 Å². The van der Waals surface area contributed by atoms with Crippen molar-refractivity contribution < 1.29 is 31.1 Å². The highest BCUT2D eigenvalue weighted by Gasteiger charge is 2.39. The van der Waals surface area contributed by atoms with Gasteiger partial charge < -0.3 is 9.72 Å². The van der Waals surface area contributed by atoms with Gasteiger partial charge in [-0.3, -0.25) is 4.79 Å². The summed E-state index contributed by atoms with van der Waals surface area (Å²) in [6.07, 6.45) is -8.18. The van der Waals surface area contributed by atoms with Gasteiger partial charge in [-0.05, 0) is 12.1 Å². The molecule has 1 amide bonds. The van der Waals surface area contributed by atoms with E-state index in [0.29, 0.717) is 6.20 Å². The number of hydrogen-bond donors (Lipinski definition) is 1. The lowest BCUT2D eigenvalue weighted by Gasteiger charge is -2.05. The van der Waals surface area contributed by atoms with Crippen LogP contribution in [-0.2, 0) is 11.0 Å². The second-order valence-electron chi connectivity index (χ2n) is 3.76. The lowest BCUT2D eigenvalue weighted by Crippen LogP contribution is -2.30. The van der Waals surface area contributed by atoms with Gasteiger partial charge in [0.2, 0.25) is 0 Å². The van der Waals surface area contributed by atoms with Crippen LogP contribution in [0.2, 0.25) is 0 Å². The Labute approximate surface area is 107 Å². The van der Waals surface area contributed by atoms with Crippen LogP contribution in [0.1, 0.15) is 5.56 Å². The van der Waals surface area contributed by atoms with E-state index in [2.05, 4.69) is 4.98 Å². The summed E-state index contributed by atoms with van der Waals surface area (Å²) in [5.74, 6) is -2.75. The van der Waals surface area contributed by atoms with Crippen LogP contribution in [-0.4, -0.2) is 21.5 Å². The Bertz CT molecular complexity index is 657. The zero-order chi connectivity index (χ0) is 15.1. The number of hydrogen-bond acceptors (Lipinski definition) is 2. The molecule has 2 aromatic rings. The lowest BCUT2D eigenvalue weighted by molar-refractivity contribution is -0.167. The van der Waals surface area contributed by atoms with Crippen LogP contribution in [0.5, 0.6) is 0 Å². The summed E-state index contributed by atoms with van der Waals surface area (Å²) < 4.78 is 74.2. The number of anilines is 1. The van der Waals surface area contributed by atoms with Crippen molar-refractivity contribution in [2.45, 2.75) is 12.4 Å². The topological polar surface area (TPSA) is 46.4 Å². The molecule has 0 atom stereocenters. The summed E-state index contributed by atoms with van der Waals surface area (Å²) in [6.45, 7) is 0. The minimum atomic E-state index is -5.10. The van der Waals surface area contributed by atoms with Crippen LogP contribution in [0, 0.1) is 0 Å². The maximum Gasteiger partial charge on any atom is 0.471 e. The largest absolute Gasteiger partial charge is 0.471 e. The van der Waals surface area contributed by atoms with E-state index in [-0.39, 0.29) is 5.65 Å². The van der Waals surface area contributed by atoms with E-state index in [1.807, 2.05) is 0 Å². The predicted molar refractivity (Wildman–Crippen MR) is 54.9 cm³/mol. The minimum absolute atomic E-state index is 0.0320. The third kappa shape index (κ3) is 2.83. The number of carbonyl (C=O) groups excluding carboxylic acids is 1. The van der Waals surface area contributed by atoms with Gasteiger partial charge in [0.1, 0.15) is 5.65 Å². The summed E-state index contributed by atoms with van der Waals surface area (Å²) in [6, 6.07) is 1.71. The van der Waals surface area contributed by atoms with Crippen molar-refractivity contribution in [1.29, 1.82) is 0 Å². The molecule has 0 aromatic carbocycles. The van der Waals surface area contributed by atoms with E-state index in [4.69, 9.17) is 0 Å². The molecule has 0 unspecified atom stereocenters. The van der Waals surface area contributed by atoms with E-state index in [9.17, 15) is 31.1 Å². The summed E-state index contributed by atoms with van der Waals surface area (Å²) in [7, 11) is 0. The maximum atomic E-state index is 12.4. The molecule has 0 saturated carbocycles. The number of halogens is 6. The highest BCUT2D eigenvalue weighted by Crippen LogP contribution is 2.29. The molecule has 0 saturated heterocycles. The van der Waals surface area contributed by atoms with Gasteiger partial charge in [0.05, 0.1) is 11.8 Å². The van der Waals surface area contributed by atoms with Crippen LogP contribution in [0.4, 0.5) is 32.2 Å². The molecule has 0 fully saturated rings. The molecule has 0 radical (unpaired) electrons. The number of pyridine rings is 1. The van der Waals surface area contributed by atoms with Crippen molar-refractivity contribution in [3.05, 3.63) is 30.1 Å². The van der Waals surface area contributed by atoms with Crippen LogP contribution in [0.25, 0.3) is 5.65 Å². The number of aromatic nitrogens is 2. The number of alkyl halides is 6. The average molecular weight is 297 g/mol. The third-order valence-corrected chi connectivity index (χ3v) is 2.28. The summed E-state index contributed by atoms with van der Waals surface area (Å²) in [5.41, 5.74) is -1.02. The molecular weight excluding hydrogens is 292 g/mol. The van der Waals surface area contributed by atoms with E-state index in [1.54, 1.807) is 0 Å². The molecule has 10 heteroatoms. The first-order chi connectivity index (χ1) is 9.07. The van der Waals surface area contributed by atoms with Gasteiger partial charge in [-0.25, -0.2) is 4.98 Å². The Kier molecular flexibility index (Phi) is 3.11. The van der Waals surface area contributed by atoms with Gasteiger partial charge in [-0.1, -0.05) is 0 Å². The van der Waals surface area contributed by atoms with Crippen molar-refractivity contribution in [3.8, 4) is 0 Å². The first kappa shape index (κ1) is 14.2. The summed E-state index contributed by atoms with van der Waals surface area (Å²) in [4.78, 5) is 14.2. The smallest absolute Gasteiger partial charge is 0.304 e. The van der Waals surface area contributed by atoms with Gasteiger partial charge in [0, 0.05) is 6.20 Å². The quantitative estimate of drug-likeness (QED) is 0.823. The Morgan fingerprint density at radius 2 is 1.75 bits per heavy atom. The van der Waals surface area contributed by atoms with Gasteiger partial charge >= 0.3 is 18.3 Å². The van der Waals surface area contributed by atoms with Gasteiger partial charge in [-0.15, -0.1) is 0 Å². The SMILES string of the molecule is O=C(Nc1cn2cc(C(F)(F)F)ccc2n1)C(F)(F)F. The van der Waals surface area contributed by atoms with Crippen LogP contribution >= 0.6 is 0 Å². The van der Waals surface area contributed by atoms with Crippen molar-refractivity contribution in [2.75, 3.05) is 5.32 Å². The number of amides is 1. The Morgan fingerprint density at radius 1 is 1.10 bits per heavy atom.